The zero-order valence-electron chi connectivity index (χ0n) is 10.3. The minimum atomic E-state index is -3.71. The maximum Gasteiger partial charge on any atom is 0.244 e. The lowest BCUT2D eigenvalue weighted by Gasteiger charge is -2.12. The summed E-state index contributed by atoms with van der Waals surface area (Å²) in [6.45, 7) is 3.60. The van der Waals surface area contributed by atoms with Crippen LogP contribution in [-0.4, -0.2) is 18.4 Å². The molecule has 0 aliphatic carbocycles. The van der Waals surface area contributed by atoms with E-state index in [0.29, 0.717) is 5.01 Å². The molecule has 1 N–H and O–H groups in total. The number of rotatable bonds is 4. The van der Waals surface area contributed by atoms with Gasteiger partial charge < -0.3 is 0 Å². The van der Waals surface area contributed by atoms with Crippen molar-refractivity contribution in [1.82, 2.24) is 14.7 Å². The number of halogens is 1. The van der Waals surface area contributed by atoms with Crippen molar-refractivity contribution in [3.8, 4) is 0 Å². The van der Waals surface area contributed by atoms with Crippen LogP contribution in [0.4, 0.5) is 0 Å². The summed E-state index contributed by atoms with van der Waals surface area (Å²) in [5.74, 6) is 0. The van der Waals surface area contributed by atoms with E-state index in [0.717, 1.165) is 5.69 Å². The van der Waals surface area contributed by atoms with Gasteiger partial charge in [0.2, 0.25) is 10.0 Å². The van der Waals surface area contributed by atoms with Crippen molar-refractivity contribution in [3.05, 3.63) is 39.6 Å². The second kappa shape index (κ2) is 5.54. The number of pyridine rings is 1. The zero-order valence-corrected chi connectivity index (χ0v) is 12.7. The lowest BCUT2D eigenvalue weighted by atomic mass is 10.4. The highest BCUT2D eigenvalue weighted by molar-refractivity contribution is 7.89. The first kappa shape index (κ1) is 14.4. The van der Waals surface area contributed by atoms with Gasteiger partial charge in [-0.2, -0.15) is 0 Å². The average Bonchev–Trinajstić information content (AvgIpc) is 2.76. The Morgan fingerprint density at radius 1 is 1.47 bits per heavy atom. The van der Waals surface area contributed by atoms with E-state index in [4.69, 9.17) is 11.6 Å². The summed E-state index contributed by atoms with van der Waals surface area (Å²) < 4.78 is 26.9. The Balaban J connectivity index is 2.25. The van der Waals surface area contributed by atoms with E-state index in [2.05, 4.69) is 14.7 Å². The number of hydrogen-bond donors (Lipinski definition) is 1. The lowest BCUT2D eigenvalue weighted by molar-refractivity contribution is 0.566. The van der Waals surface area contributed by atoms with Crippen LogP contribution in [-0.2, 0) is 10.0 Å². The first-order valence-electron chi connectivity index (χ1n) is 5.44. The van der Waals surface area contributed by atoms with E-state index in [1.165, 1.54) is 29.8 Å². The third-order valence-corrected chi connectivity index (χ3v) is 5.52. The molecular formula is C11H12ClN3O2S2. The second-order valence-electron chi connectivity index (χ2n) is 3.98. The Kier molecular flexibility index (Phi) is 4.19. The molecule has 5 nitrogen and oxygen atoms in total. The van der Waals surface area contributed by atoms with Crippen LogP contribution in [0.1, 0.15) is 23.7 Å². The molecule has 1 unspecified atom stereocenters. The van der Waals surface area contributed by atoms with Crippen molar-refractivity contribution in [2.45, 2.75) is 24.8 Å². The predicted molar refractivity (Wildman–Crippen MR) is 74.8 cm³/mol. The van der Waals surface area contributed by atoms with Crippen molar-refractivity contribution >= 4 is 33.0 Å². The predicted octanol–water partition coefficient (Wildman–Crippen LogP) is 2.54. The molecule has 2 aromatic rings. The van der Waals surface area contributed by atoms with Crippen LogP contribution in [0, 0.1) is 6.92 Å². The van der Waals surface area contributed by atoms with Gasteiger partial charge in [-0.15, -0.1) is 11.3 Å². The molecule has 0 aromatic carbocycles. The molecule has 0 saturated heterocycles. The van der Waals surface area contributed by atoms with Crippen LogP contribution in [0.3, 0.4) is 0 Å². The van der Waals surface area contributed by atoms with E-state index in [-0.39, 0.29) is 9.92 Å². The average molecular weight is 318 g/mol. The van der Waals surface area contributed by atoms with Gasteiger partial charge in [-0.3, -0.25) is 4.98 Å². The molecule has 102 valence electrons. The molecule has 0 spiro atoms. The lowest BCUT2D eigenvalue weighted by Crippen LogP contribution is -2.27. The standard InChI is InChI=1S/C11H12ClN3O2S2/c1-7-6-18-11(14-7)8(2)15-19(16,17)10-5-13-4-3-9(10)12/h3-6,8,15H,1-2H3. The van der Waals surface area contributed by atoms with Crippen LogP contribution < -0.4 is 4.72 Å². The highest BCUT2D eigenvalue weighted by Gasteiger charge is 2.22. The Morgan fingerprint density at radius 2 is 2.21 bits per heavy atom. The fraction of sp³-hybridized carbons (Fsp3) is 0.273. The molecule has 0 aliphatic rings. The number of sulfonamides is 1. The Bertz CT molecular complexity index is 685. The molecule has 0 fully saturated rings. The number of nitrogens with zero attached hydrogens (tertiary/aromatic N) is 2. The summed E-state index contributed by atoms with van der Waals surface area (Å²) in [6.07, 6.45) is 2.67. The minimum Gasteiger partial charge on any atom is -0.263 e. The molecular weight excluding hydrogens is 306 g/mol. The number of hydrogen-bond acceptors (Lipinski definition) is 5. The first-order valence-corrected chi connectivity index (χ1v) is 8.18. The van der Waals surface area contributed by atoms with Crippen molar-refractivity contribution in [3.63, 3.8) is 0 Å². The molecule has 2 heterocycles. The van der Waals surface area contributed by atoms with Crippen LogP contribution in [0.2, 0.25) is 5.02 Å². The number of aryl methyl sites for hydroxylation is 1. The van der Waals surface area contributed by atoms with Crippen LogP contribution in [0.15, 0.2) is 28.7 Å². The summed E-state index contributed by atoms with van der Waals surface area (Å²) in [7, 11) is -3.71. The number of thiazole rings is 1. The quantitative estimate of drug-likeness (QED) is 0.940. The first-order chi connectivity index (χ1) is 8.90. The third kappa shape index (κ3) is 3.30. The van der Waals surface area contributed by atoms with Gasteiger partial charge >= 0.3 is 0 Å². The van der Waals surface area contributed by atoms with Crippen molar-refractivity contribution in [2.75, 3.05) is 0 Å². The van der Waals surface area contributed by atoms with Gasteiger partial charge in [0, 0.05) is 23.5 Å². The van der Waals surface area contributed by atoms with Gasteiger partial charge in [0.05, 0.1) is 11.1 Å². The van der Waals surface area contributed by atoms with Crippen LogP contribution in [0.5, 0.6) is 0 Å². The minimum absolute atomic E-state index is 0.0307. The molecule has 2 aromatic heterocycles. The largest absolute Gasteiger partial charge is 0.263 e. The highest BCUT2D eigenvalue weighted by Crippen LogP contribution is 2.23. The van der Waals surface area contributed by atoms with Gasteiger partial charge in [0.25, 0.3) is 0 Å². The van der Waals surface area contributed by atoms with Crippen molar-refractivity contribution < 1.29 is 8.42 Å². The maximum atomic E-state index is 12.2. The summed E-state index contributed by atoms with van der Waals surface area (Å²) in [6, 6.07) is 1.02. The fourth-order valence-corrected chi connectivity index (χ4v) is 4.00. The number of nitrogens with one attached hydrogen (secondary N) is 1. The molecule has 0 aliphatic heterocycles. The van der Waals surface area contributed by atoms with E-state index in [1.807, 2.05) is 12.3 Å². The van der Waals surface area contributed by atoms with Crippen molar-refractivity contribution in [2.24, 2.45) is 0 Å². The Morgan fingerprint density at radius 3 is 2.79 bits per heavy atom. The molecule has 1 atom stereocenters. The summed E-state index contributed by atoms with van der Waals surface area (Å²) in [4.78, 5) is 8.00. The van der Waals surface area contributed by atoms with Crippen LogP contribution >= 0.6 is 22.9 Å². The molecule has 2 rings (SSSR count). The monoisotopic (exact) mass is 317 g/mol. The third-order valence-electron chi connectivity index (χ3n) is 2.36. The highest BCUT2D eigenvalue weighted by atomic mass is 35.5. The Hall–Kier alpha value is -1.02. The maximum absolute atomic E-state index is 12.2. The van der Waals surface area contributed by atoms with Crippen molar-refractivity contribution in [1.29, 1.82) is 0 Å². The van der Waals surface area contributed by atoms with Gasteiger partial charge in [-0.05, 0) is 19.9 Å². The van der Waals surface area contributed by atoms with E-state index >= 15 is 0 Å². The van der Waals surface area contributed by atoms with Gasteiger partial charge in [-0.25, -0.2) is 18.1 Å². The fourth-order valence-electron chi connectivity index (χ4n) is 1.48. The molecule has 0 bridgehead atoms. The van der Waals surface area contributed by atoms with E-state index < -0.39 is 16.1 Å². The van der Waals surface area contributed by atoms with E-state index in [1.54, 1.807) is 6.92 Å². The SMILES string of the molecule is Cc1csc(C(C)NS(=O)(=O)c2cnccc2Cl)n1. The molecule has 19 heavy (non-hydrogen) atoms. The van der Waals surface area contributed by atoms with E-state index in [9.17, 15) is 8.42 Å². The number of aromatic nitrogens is 2. The smallest absolute Gasteiger partial charge is 0.244 e. The van der Waals surface area contributed by atoms with Gasteiger partial charge in [-0.1, -0.05) is 11.6 Å². The molecule has 0 amide bonds. The molecule has 0 radical (unpaired) electrons. The normalized spacial score (nSPS) is 13.4. The zero-order chi connectivity index (χ0) is 14.0. The second-order valence-corrected chi connectivity index (χ2v) is 6.96. The molecule has 8 heteroatoms. The summed E-state index contributed by atoms with van der Waals surface area (Å²) in [5.41, 5.74) is 0.866. The van der Waals surface area contributed by atoms with Gasteiger partial charge in [0.15, 0.2) is 0 Å². The summed E-state index contributed by atoms with van der Waals surface area (Å²) in [5, 5.41) is 2.73. The molecule has 0 saturated carbocycles. The summed E-state index contributed by atoms with van der Waals surface area (Å²) >= 11 is 7.28. The van der Waals surface area contributed by atoms with Crippen LogP contribution in [0.25, 0.3) is 0 Å². The van der Waals surface area contributed by atoms with Gasteiger partial charge in [0.1, 0.15) is 9.90 Å². The Labute approximate surface area is 120 Å². The topological polar surface area (TPSA) is 72.0 Å².